The summed E-state index contributed by atoms with van der Waals surface area (Å²) in [5.74, 6) is 1.38. The average Bonchev–Trinajstić information content (AvgIpc) is 3.26. The van der Waals surface area contributed by atoms with Gasteiger partial charge in [0.05, 0.1) is 32.4 Å². The van der Waals surface area contributed by atoms with Gasteiger partial charge < -0.3 is 24.2 Å². The maximum atomic E-state index is 13.3. The predicted octanol–water partition coefficient (Wildman–Crippen LogP) is 2.59. The molecule has 1 amide bonds. The lowest BCUT2D eigenvalue weighted by Crippen LogP contribution is -2.48. The van der Waals surface area contributed by atoms with Gasteiger partial charge in [-0.1, -0.05) is 19.1 Å². The SMILES string of the molecule is CCN(CC(=O)N1CCc2sccc2[C@H]1COc1ccccc1OC)C[C@@H](O)COC. The molecule has 0 spiro atoms. The van der Waals surface area contributed by atoms with E-state index in [0.717, 1.165) is 12.0 Å². The molecule has 1 aromatic heterocycles. The van der Waals surface area contributed by atoms with E-state index in [1.54, 1.807) is 25.6 Å². The van der Waals surface area contributed by atoms with Gasteiger partial charge in [0, 0.05) is 25.1 Å². The van der Waals surface area contributed by atoms with Crippen molar-refractivity contribution in [1.82, 2.24) is 9.80 Å². The molecule has 0 fully saturated rings. The highest BCUT2D eigenvalue weighted by Gasteiger charge is 2.33. The van der Waals surface area contributed by atoms with Gasteiger partial charge in [0.2, 0.25) is 5.91 Å². The number of para-hydroxylation sites is 2. The summed E-state index contributed by atoms with van der Waals surface area (Å²) in [6, 6.07) is 9.47. The van der Waals surface area contributed by atoms with Crippen LogP contribution in [0.2, 0.25) is 0 Å². The monoisotopic (exact) mass is 448 g/mol. The number of benzene rings is 1. The quantitative estimate of drug-likeness (QED) is 0.570. The second-order valence-electron chi connectivity index (χ2n) is 7.55. The first-order chi connectivity index (χ1) is 15.1. The number of aliphatic hydroxyl groups is 1. The molecule has 8 heteroatoms. The molecule has 170 valence electrons. The van der Waals surface area contributed by atoms with E-state index < -0.39 is 6.10 Å². The highest BCUT2D eigenvalue weighted by molar-refractivity contribution is 7.10. The zero-order valence-corrected chi connectivity index (χ0v) is 19.3. The van der Waals surface area contributed by atoms with Crippen LogP contribution < -0.4 is 9.47 Å². The van der Waals surface area contributed by atoms with E-state index in [-0.39, 0.29) is 25.1 Å². The highest BCUT2D eigenvalue weighted by atomic mass is 32.1. The van der Waals surface area contributed by atoms with E-state index in [2.05, 4.69) is 11.4 Å². The molecule has 0 radical (unpaired) electrons. The number of ether oxygens (including phenoxy) is 3. The topological polar surface area (TPSA) is 71.5 Å². The number of aliphatic hydroxyl groups excluding tert-OH is 1. The van der Waals surface area contributed by atoms with Crippen LogP contribution in [0.3, 0.4) is 0 Å². The Bertz CT molecular complexity index is 843. The minimum Gasteiger partial charge on any atom is -0.493 e. The van der Waals surface area contributed by atoms with E-state index >= 15 is 0 Å². The summed E-state index contributed by atoms with van der Waals surface area (Å²) in [6.45, 7) is 4.58. The van der Waals surface area contributed by atoms with Gasteiger partial charge in [0.15, 0.2) is 11.5 Å². The number of hydrogen-bond acceptors (Lipinski definition) is 7. The Balaban J connectivity index is 1.72. The molecule has 1 aliphatic rings. The number of fused-ring (bicyclic) bond motifs is 1. The summed E-state index contributed by atoms with van der Waals surface area (Å²) in [7, 11) is 3.18. The van der Waals surface area contributed by atoms with Crippen molar-refractivity contribution in [3.05, 3.63) is 46.2 Å². The third-order valence-electron chi connectivity index (χ3n) is 5.52. The Hall–Kier alpha value is -2.13. The van der Waals surface area contributed by atoms with Crippen molar-refractivity contribution in [2.75, 3.05) is 53.6 Å². The molecule has 0 bridgehead atoms. The van der Waals surface area contributed by atoms with Gasteiger partial charge in [-0.25, -0.2) is 0 Å². The van der Waals surface area contributed by atoms with Crippen molar-refractivity contribution in [1.29, 1.82) is 0 Å². The lowest BCUT2D eigenvalue weighted by molar-refractivity contribution is -0.136. The Kier molecular flexibility index (Phi) is 8.71. The molecule has 0 aliphatic carbocycles. The number of carbonyl (C=O) groups is 1. The number of likely N-dealkylation sites (N-methyl/N-ethyl adjacent to an activating group) is 1. The standard InChI is InChI=1S/C23H32N2O5S/c1-4-24(13-17(26)15-28-2)14-23(27)25-11-9-22-18(10-12-31-22)19(25)16-30-21-8-6-5-7-20(21)29-3/h5-8,10,12,17,19,26H,4,9,11,13-16H2,1-3H3/t17-,19-/m1/s1. The first kappa shape index (κ1) is 23.5. The molecule has 0 unspecified atom stereocenters. The molecule has 7 nitrogen and oxygen atoms in total. The van der Waals surface area contributed by atoms with Crippen molar-refractivity contribution in [3.8, 4) is 11.5 Å². The summed E-state index contributed by atoms with van der Waals surface area (Å²) in [5.41, 5.74) is 1.15. The van der Waals surface area contributed by atoms with E-state index in [9.17, 15) is 9.90 Å². The molecular weight excluding hydrogens is 416 g/mol. The smallest absolute Gasteiger partial charge is 0.237 e. The Morgan fingerprint density at radius 1 is 1.29 bits per heavy atom. The number of hydrogen-bond donors (Lipinski definition) is 1. The second kappa shape index (κ2) is 11.5. The number of carbonyl (C=O) groups excluding carboxylic acids is 1. The van der Waals surface area contributed by atoms with Crippen LogP contribution in [0.4, 0.5) is 0 Å². The van der Waals surface area contributed by atoms with Crippen molar-refractivity contribution in [3.63, 3.8) is 0 Å². The number of nitrogens with zero attached hydrogens (tertiary/aromatic N) is 2. The molecule has 1 aliphatic heterocycles. The van der Waals surface area contributed by atoms with Gasteiger partial charge in [-0.15, -0.1) is 11.3 Å². The van der Waals surface area contributed by atoms with E-state index in [1.807, 2.05) is 41.0 Å². The predicted molar refractivity (Wildman–Crippen MR) is 121 cm³/mol. The summed E-state index contributed by atoms with van der Waals surface area (Å²) < 4.78 is 16.5. The average molecular weight is 449 g/mol. The molecular formula is C23H32N2O5S. The van der Waals surface area contributed by atoms with Crippen LogP contribution in [-0.4, -0.2) is 80.5 Å². The van der Waals surface area contributed by atoms with Crippen LogP contribution in [-0.2, 0) is 16.0 Å². The molecule has 2 heterocycles. The third kappa shape index (κ3) is 5.98. The molecule has 2 atom stereocenters. The lowest BCUT2D eigenvalue weighted by atomic mass is 10.0. The number of rotatable bonds is 11. The number of methoxy groups -OCH3 is 2. The fourth-order valence-corrected chi connectivity index (χ4v) is 4.84. The summed E-state index contributed by atoms with van der Waals surface area (Å²) in [6.07, 6.45) is 0.231. The molecule has 31 heavy (non-hydrogen) atoms. The maximum absolute atomic E-state index is 13.3. The summed E-state index contributed by atoms with van der Waals surface area (Å²) in [5, 5.41) is 12.1. The number of amides is 1. The van der Waals surface area contributed by atoms with Crippen molar-refractivity contribution in [2.24, 2.45) is 0 Å². The van der Waals surface area contributed by atoms with Crippen molar-refractivity contribution in [2.45, 2.75) is 25.5 Å². The van der Waals surface area contributed by atoms with Gasteiger partial charge >= 0.3 is 0 Å². The van der Waals surface area contributed by atoms with Gasteiger partial charge in [0.25, 0.3) is 0 Å². The fraction of sp³-hybridized carbons (Fsp3) is 0.522. The first-order valence-electron chi connectivity index (χ1n) is 10.6. The minimum absolute atomic E-state index is 0.0388. The van der Waals surface area contributed by atoms with E-state index in [4.69, 9.17) is 14.2 Å². The zero-order chi connectivity index (χ0) is 22.2. The maximum Gasteiger partial charge on any atom is 0.237 e. The van der Waals surface area contributed by atoms with Crippen LogP contribution in [0.5, 0.6) is 11.5 Å². The molecule has 2 aromatic rings. The van der Waals surface area contributed by atoms with Gasteiger partial charge in [-0.2, -0.15) is 0 Å². The highest BCUT2D eigenvalue weighted by Crippen LogP contribution is 2.35. The van der Waals surface area contributed by atoms with Gasteiger partial charge in [-0.3, -0.25) is 9.69 Å². The largest absolute Gasteiger partial charge is 0.493 e. The third-order valence-corrected chi connectivity index (χ3v) is 6.51. The Morgan fingerprint density at radius 3 is 2.77 bits per heavy atom. The lowest BCUT2D eigenvalue weighted by Gasteiger charge is -2.37. The van der Waals surface area contributed by atoms with Crippen LogP contribution in [0.1, 0.15) is 23.4 Å². The normalized spacial score (nSPS) is 16.8. The van der Waals surface area contributed by atoms with Crippen LogP contribution in [0.15, 0.2) is 35.7 Å². The molecule has 0 saturated heterocycles. The molecule has 1 aromatic carbocycles. The van der Waals surface area contributed by atoms with Gasteiger partial charge in [0.1, 0.15) is 6.61 Å². The van der Waals surface area contributed by atoms with Crippen LogP contribution in [0, 0.1) is 0 Å². The first-order valence-corrected chi connectivity index (χ1v) is 11.5. The van der Waals surface area contributed by atoms with Crippen molar-refractivity contribution < 1.29 is 24.1 Å². The Morgan fingerprint density at radius 2 is 2.06 bits per heavy atom. The molecule has 1 N–H and O–H groups in total. The fourth-order valence-electron chi connectivity index (χ4n) is 3.91. The summed E-state index contributed by atoms with van der Waals surface area (Å²) >= 11 is 1.73. The Labute approximate surface area is 188 Å². The van der Waals surface area contributed by atoms with Crippen LogP contribution in [0.25, 0.3) is 0 Å². The van der Waals surface area contributed by atoms with Gasteiger partial charge in [-0.05, 0) is 42.1 Å². The number of thiophene rings is 1. The second-order valence-corrected chi connectivity index (χ2v) is 8.55. The minimum atomic E-state index is -0.618. The van der Waals surface area contributed by atoms with E-state index in [0.29, 0.717) is 37.7 Å². The molecule has 0 saturated carbocycles. The summed E-state index contributed by atoms with van der Waals surface area (Å²) in [4.78, 5) is 18.4. The van der Waals surface area contributed by atoms with E-state index in [1.165, 1.54) is 4.88 Å². The van der Waals surface area contributed by atoms with Crippen molar-refractivity contribution >= 4 is 17.2 Å². The molecule has 3 rings (SSSR count). The van der Waals surface area contributed by atoms with Crippen LogP contribution >= 0.6 is 11.3 Å². The zero-order valence-electron chi connectivity index (χ0n) is 18.5.